The summed E-state index contributed by atoms with van der Waals surface area (Å²) in [6.45, 7) is 9.55. The summed E-state index contributed by atoms with van der Waals surface area (Å²) in [5, 5.41) is 0. The molecule has 2 heteroatoms. The average Bonchev–Trinajstić information content (AvgIpc) is 2.27. The molecule has 0 unspecified atom stereocenters. The fourth-order valence-corrected chi connectivity index (χ4v) is 1.91. The van der Waals surface area contributed by atoms with Crippen LogP contribution in [-0.4, -0.2) is 25.1 Å². The molecule has 0 aliphatic heterocycles. The number of hydrogen-bond acceptors (Lipinski definition) is 2. The molecule has 0 atom stereocenters. The maximum absolute atomic E-state index is 5.57. The van der Waals surface area contributed by atoms with E-state index < -0.39 is 0 Å². The number of ether oxygens (including phenoxy) is 1. The lowest BCUT2D eigenvalue weighted by molar-refractivity contribution is 0.288. The molecule has 2 nitrogen and oxygen atoms in total. The van der Waals surface area contributed by atoms with Crippen molar-refractivity contribution >= 4 is 0 Å². The van der Waals surface area contributed by atoms with E-state index in [1.54, 1.807) is 0 Å². The molecule has 0 aliphatic carbocycles. The minimum absolute atomic E-state index is 0.715. The van der Waals surface area contributed by atoms with E-state index in [1.165, 1.54) is 5.56 Å². The molecule has 17 heavy (non-hydrogen) atoms. The van der Waals surface area contributed by atoms with Gasteiger partial charge in [0.05, 0.1) is 6.61 Å². The molecule has 1 rings (SSSR count). The van der Waals surface area contributed by atoms with Crippen LogP contribution in [0.1, 0.15) is 32.8 Å². The number of hydrogen-bond donors (Lipinski definition) is 0. The van der Waals surface area contributed by atoms with Gasteiger partial charge in [-0.3, -0.25) is 0 Å². The SMILES string of the molecule is CCCOc1ccc(CN(C)CC(C)C)cc1. The summed E-state index contributed by atoms with van der Waals surface area (Å²) in [6.07, 6.45) is 1.05. The van der Waals surface area contributed by atoms with E-state index in [1.807, 2.05) is 0 Å². The predicted molar refractivity (Wildman–Crippen MR) is 73.4 cm³/mol. The van der Waals surface area contributed by atoms with Gasteiger partial charge in [-0.05, 0) is 37.1 Å². The van der Waals surface area contributed by atoms with Crippen LogP contribution in [0, 0.1) is 5.92 Å². The Labute approximate surface area is 106 Å². The second kappa shape index (κ2) is 7.33. The molecule has 0 heterocycles. The minimum atomic E-state index is 0.715. The average molecular weight is 235 g/mol. The normalized spacial score (nSPS) is 11.2. The summed E-state index contributed by atoms with van der Waals surface area (Å²) < 4.78 is 5.57. The molecule has 0 radical (unpaired) electrons. The van der Waals surface area contributed by atoms with E-state index in [-0.39, 0.29) is 0 Å². The Balaban J connectivity index is 2.44. The lowest BCUT2D eigenvalue weighted by atomic mass is 10.1. The van der Waals surface area contributed by atoms with Crippen molar-refractivity contribution in [3.63, 3.8) is 0 Å². The third-order valence-corrected chi connectivity index (χ3v) is 2.53. The van der Waals surface area contributed by atoms with Gasteiger partial charge in [-0.15, -0.1) is 0 Å². The van der Waals surface area contributed by atoms with Crippen LogP contribution in [0.5, 0.6) is 5.75 Å². The van der Waals surface area contributed by atoms with Gasteiger partial charge in [0.2, 0.25) is 0 Å². The van der Waals surface area contributed by atoms with Crippen LogP contribution in [0.2, 0.25) is 0 Å². The summed E-state index contributed by atoms with van der Waals surface area (Å²) in [6, 6.07) is 8.44. The summed E-state index contributed by atoms with van der Waals surface area (Å²) in [4.78, 5) is 2.35. The maximum Gasteiger partial charge on any atom is 0.119 e. The lowest BCUT2D eigenvalue weighted by Crippen LogP contribution is -2.22. The quantitative estimate of drug-likeness (QED) is 0.716. The number of rotatable bonds is 7. The molecule has 0 amide bonds. The fourth-order valence-electron chi connectivity index (χ4n) is 1.91. The zero-order chi connectivity index (χ0) is 12.7. The molecule has 96 valence electrons. The molecule has 1 aromatic rings. The van der Waals surface area contributed by atoms with Crippen molar-refractivity contribution in [3.8, 4) is 5.75 Å². The molecule has 0 bridgehead atoms. The van der Waals surface area contributed by atoms with Crippen LogP contribution in [-0.2, 0) is 6.54 Å². The minimum Gasteiger partial charge on any atom is -0.494 e. The molecular formula is C15H25NO. The Morgan fingerprint density at radius 3 is 2.35 bits per heavy atom. The fraction of sp³-hybridized carbons (Fsp3) is 0.600. The molecule has 0 spiro atoms. The monoisotopic (exact) mass is 235 g/mol. The first-order chi connectivity index (χ1) is 8.11. The molecule has 0 aliphatic rings. The largest absolute Gasteiger partial charge is 0.494 e. The summed E-state index contributed by atoms with van der Waals surface area (Å²) in [5.41, 5.74) is 1.34. The van der Waals surface area contributed by atoms with Gasteiger partial charge in [0.1, 0.15) is 5.75 Å². The second-order valence-corrected chi connectivity index (χ2v) is 5.08. The molecule has 0 saturated carbocycles. The van der Waals surface area contributed by atoms with Gasteiger partial charge in [0, 0.05) is 13.1 Å². The second-order valence-electron chi connectivity index (χ2n) is 5.08. The van der Waals surface area contributed by atoms with Crippen molar-refractivity contribution in [1.29, 1.82) is 0 Å². The van der Waals surface area contributed by atoms with Gasteiger partial charge in [-0.2, -0.15) is 0 Å². The smallest absolute Gasteiger partial charge is 0.119 e. The van der Waals surface area contributed by atoms with Crippen molar-refractivity contribution in [3.05, 3.63) is 29.8 Å². The summed E-state index contributed by atoms with van der Waals surface area (Å²) in [7, 11) is 2.17. The Hall–Kier alpha value is -1.02. The Morgan fingerprint density at radius 2 is 1.82 bits per heavy atom. The van der Waals surface area contributed by atoms with Crippen molar-refractivity contribution in [2.24, 2.45) is 5.92 Å². The Morgan fingerprint density at radius 1 is 1.18 bits per heavy atom. The first kappa shape index (κ1) is 14.0. The molecule has 1 aromatic carbocycles. The van der Waals surface area contributed by atoms with Gasteiger partial charge in [0.15, 0.2) is 0 Å². The first-order valence-electron chi connectivity index (χ1n) is 6.52. The van der Waals surface area contributed by atoms with E-state index in [9.17, 15) is 0 Å². The van der Waals surface area contributed by atoms with Gasteiger partial charge in [-0.1, -0.05) is 32.9 Å². The standard InChI is InChI=1S/C15H25NO/c1-5-10-17-15-8-6-14(7-9-15)12-16(4)11-13(2)3/h6-9,13H,5,10-12H2,1-4H3. The third kappa shape index (κ3) is 5.73. The Bertz CT molecular complexity index is 305. The van der Waals surface area contributed by atoms with Crippen molar-refractivity contribution < 1.29 is 4.74 Å². The van der Waals surface area contributed by atoms with Crippen molar-refractivity contribution in [2.75, 3.05) is 20.2 Å². The highest BCUT2D eigenvalue weighted by Gasteiger charge is 2.03. The van der Waals surface area contributed by atoms with Crippen LogP contribution in [0.15, 0.2) is 24.3 Å². The lowest BCUT2D eigenvalue weighted by Gasteiger charge is -2.19. The van der Waals surface area contributed by atoms with Crippen molar-refractivity contribution in [1.82, 2.24) is 4.90 Å². The van der Waals surface area contributed by atoms with E-state index in [0.717, 1.165) is 31.9 Å². The maximum atomic E-state index is 5.57. The van der Waals surface area contributed by atoms with E-state index in [4.69, 9.17) is 4.74 Å². The molecule has 0 aromatic heterocycles. The van der Waals surface area contributed by atoms with Crippen LogP contribution in [0.4, 0.5) is 0 Å². The number of benzene rings is 1. The van der Waals surface area contributed by atoms with E-state index >= 15 is 0 Å². The zero-order valence-electron chi connectivity index (χ0n) is 11.6. The van der Waals surface area contributed by atoms with Gasteiger partial charge < -0.3 is 9.64 Å². The summed E-state index contributed by atoms with van der Waals surface area (Å²) >= 11 is 0. The third-order valence-electron chi connectivity index (χ3n) is 2.53. The summed E-state index contributed by atoms with van der Waals surface area (Å²) in [5.74, 6) is 1.69. The topological polar surface area (TPSA) is 12.5 Å². The Kier molecular flexibility index (Phi) is 6.06. The van der Waals surface area contributed by atoms with Crippen LogP contribution >= 0.6 is 0 Å². The van der Waals surface area contributed by atoms with Gasteiger partial charge in [-0.25, -0.2) is 0 Å². The van der Waals surface area contributed by atoms with Crippen LogP contribution < -0.4 is 4.74 Å². The predicted octanol–water partition coefficient (Wildman–Crippen LogP) is 3.56. The van der Waals surface area contributed by atoms with Crippen LogP contribution in [0.3, 0.4) is 0 Å². The highest BCUT2D eigenvalue weighted by atomic mass is 16.5. The molecule has 0 fully saturated rings. The van der Waals surface area contributed by atoms with Crippen LogP contribution in [0.25, 0.3) is 0 Å². The van der Waals surface area contributed by atoms with E-state index in [2.05, 4.69) is 57.0 Å². The highest BCUT2D eigenvalue weighted by molar-refractivity contribution is 5.27. The molecule has 0 saturated heterocycles. The molecule has 0 N–H and O–H groups in total. The van der Waals surface area contributed by atoms with Gasteiger partial charge in [0.25, 0.3) is 0 Å². The molecular weight excluding hydrogens is 210 g/mol. The first-order valence-corrected chi connectivity index (χ1v) is 6.52. The van der Waals surface area contributed by atoms with E-state index in [0.29, 0.717) is 5.92 Å². The van der Waals surface area contributed by atoms with Crippen molar-refractivity contribution in [2.45, 2.75) is 33.7 Å². The number of nitrogens with zero attached hydrogens (tertiary/aromatic N) is 1. The van der Waals surface area contributed by atoms with Gasteiger partial charge >= 0.3 is 0 Å². The zero-order valence-corrected chi connectivity index (χ0v) is 11.6. The highest BCUT2D eigenvalue weighted by Crippen LogP contribution is 2.14.